The van der Waals surface area contributed by atoms with Crippen LogP contribution in [0.2, 0.25) is 0 Å². The highest BCUT2D eigenvalue weighted by Crippen LogP contribution is 2.19. The summed E-state index contributed by atoms with van der Waals surface area (Å²) in [5.41, 5.74) is 8.46. The standard InChI is InChI=1S/C18H29N3/c1-2-3-4-5-6-7-8-15-9-11-16(12-10-15)18-20-14-13-17(19)21-18/h9-12,18,20H,2-8,13-14H2,1H3,(H2,19,21). The molecule has 0 saturated heterocycles. The molecule has 1 heterocycles. The lowest BCUT2D eigenvalue weighted by atomic mass is 10.0. The van der Waals surface area contributed by atoms with E-state index < -0.39 is 0 Å². The van der Waals surface area contributed by atoms with Crippen molar-refractivity contribution >= 4 is 5.84 Å². The molecule has 0 aliphatic carbocycles. The molecule has 3 N–H and O–H groups in total. The molecule has 3 nitrogen and oxygen atoms in total. The van der Waals surface area contributed by atoms with Crippen LogP contribution in [0.4, 0.5) is 0 Å². The fraction of sp³-hybridized carbons (Fsp3) is 0.611. The zero-order chi connectivity index (χ0) is 14.9. The maximum atomic E-state index is 5.82. The minimum absolute atomic E-state index is 0.0434. The predicted molar refractivity (Wildman–Crippen MR) is 90.5 cm³/mol. The maximum absolute atomic E-state index is 5.82. The molecule has 1 atom stereocenters. The Balaban J connectivity index is 1.75. The van der Waals surface area contributed by atoms with Crippen molar-refractivity contribution in [2.24, 2.45) is 10.7 Å². The van der Waals surface area contributed by atoms with Gasteiger partial charge in [-0.15, -0.1) is 0 Å². The topological polar surface area (TPSA) is 50.4 Å². The highest BCUT2D eigenvalue weighted by Gasteiger charge is 2.13. The molecule has 1 unspecified atom stereocenters. The van der Waals surface area contributed by atoms with E-state index in [4.69, 9.17) is 5.73 Å². The Morgan fingerprint density at radius 3 is 2.52 bits per heavy atom. The van der Waals surface area contributed by atoms with Crippen LogP contribution in [0.3, 0.4) is 0 Å². The lowest BCUT2D eigenvalue weighted by molar-refractivity contribution is 0.539. The Labute approximate surface area is 129 Å². The summed E-state index contributed by atoms with van der Waals surface area (Å²) in [4.78, 5) is 4.47. The molecule has 3 heteroatoms. The van der Waals surface area contributed by atoms with Gasteiger partial charge in [-0.1, -0.05) is 63.3 Å². The summed E-state index contributed by atoms with van der Waals surface area (Å²) in [6, 6.07) is 8.85. The van der Waals surface area contributed by atoms with Gasteiger partial charge >= 0.3 is 0 Å². The summed E-state index contributed by atoms with van der Waals surface area (Å²) in [7, 11) is 0. The van der Waals surface area contributed by atoms with Crippen LogP contribution in [0, 0.1) is 0 Å². The Morgan fingerprint density at radius 1 is 1.10 bits per heavy atom. The van der Waals surface area contributed by atoms with Gasteiger partial charge in [0.25, 0.3) is 0 Å². The first-order valence-electron chi connectivity index (χ1n) is 8.44. The second-order valence-electron chi connectivity index (χ2n) is 5.99. The molecule has 116 valence electrons. The normalized spacial score (nSPS) is 18.5. The number of amidine groups is 1. The van der Waals surface area contributed by atoms with E-state index in [1.165, 1.54) is 56.1 Å². The van der Waals surface area contributed by atoms with Crippen LogP contribution in [0.15, 0.2) is 29.3 Å². The van der Waals surface area contributed by atoms with Crippen molar-refractivity contribution < 1.29 is 0 Å². The summed E-state index contributed by atoms with van der Waals surface area (Å²) in [6.07, 6.45) is 10.2. The summed E-state index contributed by atoms with van der Waals surface area (Å²) >= 11 is 0. The number of benzene rings is 1. The van der Waals surface area contributed by atoms with Gasteiger partial charge in [-0.25, -0.2) is 4.99 Å². The maximum Gasteiger partial charge on any atom is 0.127 e. The molecule has 0 saturated carbocycles. The van der Waals surface area contributed by atoms with Gasteiger partial charge in [-0.3, -0.25) is 5.32 Å². The third-order valence-corrected chi connectivity index (χ3v) is 4.13. The molecule has 1 aromatic rings. The van der Waals surface area contributed by atoms with Crippen molar-refractivity contribution in [1.29, 1.82) is 0 Å². The van der Waals surface area contributed by atoms with Crippen molar-refractivity contribution in [3.05, 3.63) is 35.4 Å². The number of nitrogens with zero attached hydrogens (tertiary/aromatic N) is 1. The van der Waals surface area contributed by atoms with Crippen LogP contribution in [0.1, 0.15) is 69.2 Å². The molecule has 0 amide bonds. The van der Waals surface area contributed by atoms with Crippen molar-refractivity contribution in [1.82, 2.24) is 5.32 Å². The number of rotatable bonds is 8. The van der Waals surface area contributed by atoms with Gasteiger partial charge in [0.05, 0.1) is 5.84 Å². The van der Waals surface area contributed by atoms with Crippen molar-refractivity contribution in [2.45, 2.75) is 64.5 Å². The number of aryl methyl sites for hydroxylation is 1. The second kappa shape index (κ2) is 8.83. The first kappa shape index (κ1) is 16.0. The van der Waals surface area contributed by atoms with Gasteiger partial charge in [0.2, 0.25) is 0 Å². The fourth-order valence-corrected chi connectivity index (χ4v) is 2.78. The number of hydrogen-bond acceptors (Lipinski definition) is 3. The molecular formula is C18H29N3. The summed E-state index contributed by atoms with van der Waals surface area (Å²) in [6.45, 7) is 3.18. The monoisotopic (exact) mass is 287 g/mol. The Hall–Kier alpha value is -1.35. The zero-order valence-electron chi connectivity index (χ0n) is 13.3. The quantitative estimate of drug-likeness (QED) is 0.712. The molecule has 0 fully saturated rings. The molecular weight excluding hydrogens is 258 g/mol. The average molecular weight is 287 g/mol. The van der Waals surface area contributed by atoms with Crippen LogP contribution in [0.25, 0.3) is 0 Å². The van der Waals surface area contributed by atoms with Gasteiger partial charge in [0.15, 0.2) is 0 Å². The highest BCUT2D eigenvalue weighted by molar-refractivity contribution is 5.81. The number of unbranched alkanes of at least 4 members (excludes halogenated alkanes) is 5. The predicted octanol–water partition coefficient (Wildman–Crippen LogP) is 3.94. The number of hydrogen-bond donors (Lipinski definition) is 2. The van der Waals surface area contributed by atoms with Gasteiger partial charge < -0.3 is 5.73 Å². The lowest BCUT2D eigenvalue weighted by Crippen LogP contribution is -2.32. The molecule has 2 rings (SSSR count). The van der Waals surface area contributed by atoms with Gasteiger partial charge in [-0.2, -0.15) is 0 Å². The third kappa shape index (κ3) is 5.50. The molecule has 21 heavy (non-hydrogen) atoms. The van der Waals surface area contributed by atoms with Crippen molar-refractivity contribution in [3.63, 3.8) is 0 Å². The smallest absolute Gasteiger partial charge is 0.127 e. The van der Waals surface area contributed by atoms with E-state index in [-0.39, 0.29) is 6.17 Å². The van der Waals surface area contributed by atoms with E-state index in [2.05, 4.69) is 41.5 Å². The minimum Gasteiger partial charge on any atom is -0.387 e. The van der Waals surface area contributed by atoms with Gasteiger partial charge in [0, 0.05) is 13.0 Å². The summed E-state index contributed by atoms with van der Waals surface area (Å²) < 4.78 is 0. The Morgan fingerprint density at radius 2 is 1.81 bits per heavy atom. The molecule has 0 spiro atoms. The SMILES string of the molecule is CCCCCCCCc1ccc(C2N=C(N)CCN2)cc1. The van der Waals surface area contributed by atoms with Crippen molar-refractivity contribution in [2.75, 3.05) is 6.54 Å². The van der Waals surface area contributed by atoms with E-state index in [1.807, 2.05) is 0 Å². The van der Waals surface area contributed by atoms with Crippen LogP contribution in [-0.2, 0) is 6.42 Å². The Kier molecular flexibility index (Phi) is 6.74. The zero-order valence-corrected chi connectivity index (χ0v) is 13.3. The lowest BCUT2D eigenvalue weighted by Gasteiger charge is -2.20. The summed E-state index contributed by atoms with van der Waals surface area (Å²) in [5, 5.41) is 3.39. The second-order valence-corrected chi connectivity index (χ2v) is 5.99. The van der Waals surface area contributed by atoms with Crippen LogP contribution in [-0.4, -0.2) is 12.4 Å². The molecule has 0 bridgehead atoms. The minimum atomic E-state index is 0.0434. The van der Waals surface area contributed by atoms with E-state index in [1.54, 1.807) is 0 Å². The summed E-state index contributed by atoms with van der Waals surface area (Å²) in [5.74, 6) is 0.759. The third-order valence-electron chi connectivity index (χ3n) is 4.13. The number of aliphatic imine (C=N–C) groups is 1. The van der Waals surface area contributed by atoms with E-state index >= 15 is 0 Å². The number of nitrogens with one attached hydrogen (secondary N) is 1. The molecule has 1 aliphatic rings. The highest BCUT2D eigenvalue weighted by atomic mass is 15.1. The average Bonchev–Trinajstić information content (AvgIpc) is 2.51. The first-order valence-corrected chi connectivity index (χ1v) is 8.44. The molecule has 1 aromatic carbocycles. The first-order chi connectivity index (χ1) is 10.3. The Bertz CT molecular complexity index is 436. The van der Waals surface area contributed by atoms with Crippen LogP contribution >= 0.6 is 0 Å². The number of nitrogens with two attached hydrogens (primary N) is 1. The van der Waals surface area contributed by atoms with Crippen LogP contribution < -0.4 is 11.1 Å². The largest absolute Gasteiger partial charge is 0.387 e. The van der Waals surface area contributed by atoms with E-state index in [9.17, 15) is 0 Å². The molecule has 0 aromatic heterocycles. The van der Waals surface area contributed by atoms with E-state index in [0.29, 0.717) is 0 Å². The molecule has 1 aliphatic heterocycles. The van der Waals surface area contributed by atoms with Crippen molar-refractivity contribution in [3.8, 4) is 0 Å². The van der Waals surface area contributed by atoms with Gasteiger partial charge in [-0.05, 0) is 24.0 Å². The molecule has 0 radical (unpaired) electrons. The van der Waals surface area contributed by atoms with Gasteiger partial charge in [0.1, 0.15) is 6.17 Å². The van der Waals surface area contributed by atoms with E-state index in [0.717, 1.165) is 18.8 Å². The van der Waals surface area contributed by atoms with Crippen LogP contribution in [0.5, 0.6) is 0 Å². The fourth-order valence-electron chi connectivity index (χ4n) is 2.78.